The molecule has 3 heteroatoms. The molecule has 3 nitrogen and oxygen atoms in total. The fourth-order valence-electron chi connectivity index (χ4n) is 3.02. The Bertz CT molecular complexity index is 522. The van der Waals surface area contributed by atoms with E-state index in [1.165, 1.54) is 31.5 Å². The Morgan fingerprint density at radius 1 is 1.35 bits per heavy atom. The Kier molecular flexibility index (Phi) is 2.75. The molecule has 4 rings (SSSR count). The summed E-state index contributed by atoms with van der Waals surface area (Å²) in [4.78, 5) is 2.54. The topological polar surface area (TPSA) is 21.5 Å². The predicted octanol–water partition coefficient (Wildman–Crippen LogP) is 2.83. The summed E-state index contributed by atoms with van der Waals surface area (Å²) in [6, 6.07) is 6.89. The van der Waals surface area contributed by atoms with Crippen molar-refractivity contribution < 1.29 is 9.47 Å². The van der Waals surface area contributed by atoms with Crippen LogP contribution in [0.1, 0.15) is 32.3 Å². The highest BCUT2D eigenvalue weighted by Gasteiger charge is 2.38. The highest BCUT2D eigenvalue weighted by Crippen LogP contribution is 2.40. The summed E-state index contributed by atoms with van der Waals surface area (Å²) in [5, 5.41) is 0. The molecule has 2 unspecified atom stereocenters. The number of rotatable bonds is 5. The minimum Gasteiger partial charge on any atom is -0.492 e. The smallest absolute Gasteiger partial charge is 0.123 e. The van der Waals surface area contributed by atoms with Gasteiger partial charge in [-0.1, -0.05) is 13.8 Å². The van der Waals surface area contributed by atoms with Gasteiger partial charge in [0, 0.05) is 24.1 Å². The van der Waals surface area contributed by atoms with Gasteiger partial charge in [0.2, 0.25) is 0 Å². The normalized spacial score (nSPS) is 29.7. The fourth-order valence-corrected chi connectivity index (χ4v) is 3.02. The minimum absolute atomic E-state index is 0.103. The molecule has 0 spiro atoms. The van der Waals surface area contributed by atoms with Crippen molar-refractivity contribution in [1.82, 2.24) is 4.90 Å². The Balaban J connectivity index is 1.35. The number of benzene rings is 1. The molecule has 0 aromatic heterocycles. The van der Waals surface area contributed by atoms with Crippen LogP contribution in [0.3, 0.4) is 0 Å². The summed E-state index contributed by atoms with van der Waals surface area (Å²) in [6.07, 6.45) is 2.87. The fraction of sp³-hybridized carbons (Fsp3) is 0.647. The number of ether oxygens (including phenoxy) is 2. The van der Waals surface area contributed by atoms with Crippen LogP contribution in [0.25, 0.3) is 0 Å². The first-order valence-electron chi connectivity index (χ1n) is 7.76. The van der Waals surface area contributed by atoms with Crippen LogP contribution in [-0.2, 0) is 5.41 Å². The van der Waals surface area contributed by atoms with Crippen molar-refractivity contribution in [1.29, 1.82) is 0 Å². The van der Waals surface area contributed by atoms with Crippen molar-refractivity contribution in [2.45, 2.75) is 38.1 Å². The van der Waals surface area contributed by atoms with Gasteiger partial charge >= 0.3 is 0 Å². The molecular formula is C17H23NO2. The summed E-state index contributed by atoms with van der Waals surface area (Å²) < 4.78 is 11.7. The monoisotopic (exact) mass is 273 g/mol. The molecule has 0 radical (unpaired) electrons. The summed E-state index contributed by atoms with van der Waals surface area (Å²) in [5.41, 5.74) is 1.38. The Morgan fingerprint density at radius 2 is 2.20 bits per heavy atom. The molecule has 2 atom stereocenters. The molecule has 2 aliphatic heterocycles. The van der Waals surface area contributed by atoms with Crippen molar-refractivity contribution >= 4 is 0 Å². The van der Waals surface area contributed by atoms with Gasteiger partial charge in [-0.2, -0.15) is 0 Å². The standard InChI is InChI=1S/C17H23NO2/c1-17(2)11-20-16-6-5-14(7-15(16)17)19-10-13-9-18(13)8-12-3-4-12/h5-7,12-13H,3-4,8-11H2,1-2H3. The van der Waals surface area contributed by atoms with E-state index in [-0.39, 0.29) is 5.41 Å². The third-order valence-electron chi connectivity index (χ3n) is 4.73. The molecule has 0 amide bonds. The number of hydrogen-bond donors (Lipinski definition) is 0. The molecular weight excluding hydrogens is 250 g/mol. The average Bonchev–Trinajstić information content (AvgIpc) is 3.33. The average molecular weight is 273 g/mol. The van der Waals surface area contributed by atoms with Crippen molar-refractivity contribution in [3.63, 3.8) is 0 Å². The van der Waals surface area contributed by atoms with Crippen LogP contribution >= 0.6 is 0 Å². The predicted molar refractivity (Wildman–Crippen MR) is 78.5 cm³/mol. The molecule has 1 saturated carbocycles. The second-order valence-electron chi connectivity index (χ2n) is 7.19. The molecule has 1 saturated heterocycles. The molecule has 0 N–H and O–H groups in total. The molecule has 1 aromatic rings. The first kappa shape index (κ1) is 12.5. The van der Waals surface area contributed by atoms with Crippen LogP contribution in [-0.4, -0.2) is 37.2 Å². The highest BCUT2D eigenvalue weighted by atomic mass is 16.5. The lowest BCUT2D eigenvalue weighted by atomic mass is 9.87. The van der Waals surface area contributed by atoms with E-state index in [0.717, 1.165) is 30.6 Å². The van der Waals surface area contributed by atoms with Gasteiger partial charge in [-0.05, 0) is 37.0 Å². The molecule has 3 aliphatic rings. The minimum atomic E-state index is 0.103. The molecule has 20 heavy (non-hydrogen) atoms. The number of hydrogen-bond acceptors (Lipinski definition) is 3. The SMILES string of the molecule is CC1(C)COc2ccc(OCC3CN3CC3CC3)cc21. The van der Waals surface area contributed by atoms with E-state index < -0.39 is 0 Å². The van der Waals surface area contributed by atoms with E-state index in [2.05, 4.69) is 24.8 Å². The number of fused-ring (bicyclic) bond motifs is 1. The zero-order chi connectivity index (χ0) is 13.7. The second kappa shape index (κ2) is 4.39. The van der Waals surface area contributed by atoms with Gasteiger partial charge < -0.3 is 9.47 Å². The lowest BCUT2D eigenvalue weighted by molar-refractivity contribution is 0.290. The first-order chi connectivity index (χ1) is 9.62. The zero-order valence-corrected chi connectivity index (χ0v) is 12.4. The molecule has 0 bridgehead atoms. The second-order valence-corrected chi connectivity index (χ2v) is 7.19. The van der Waals surface area contributed by atoms with Crippen LogP contribution in [0, 0.1) is 5.92 Å². The van der Waals surface area contributed by atoms with Crippen molar-refractivity contribution in [3.05, 3.63) is 23.8 Å². The molecule has 2 fully saturated rings. The van der Waals surface area contributed by atoms with Crippen LogP contribution in [0.4, 0.5) is 0 Å². The van der Waals surface area contributed by atoms with Gasteiger partial charge in [0.05, 0.1) is 12.6 Å². The van der Waals surface area contributed by atoms with E-state index >= 15 is 0 Å². The third-order valence-corrected chi connectivity index (χ3v) is 4.73. The van der Waals surface area contributed by atoms with Crippen LogP contribution in [0.5, 0.6) is 11.5 Å². The maximum atomic E-state index is 5.98. The van der Waals surface area contributed by atoms with Crippen LogP contribution in [0.2, 0.25) is 0 Å². The van der Waals surface area contributed by atoms with Crippen LogP contribution < -0.4 is 9.47 Å². The first-order valence-corrected chi connectivity index (χ1v) is 7.76. The number of nitrogens with zero attached hydrogens (tertiary/aromatic N) is 1. The van der Waals surface area contributed by atoms with Gasteiger partial charge in [-0.25, -0.2) is 0 Å². The van der Waals surface area contributed by atoms with E-state index in [9.17, 15) is 0 Å². The van der Waals surface area contributed by atoms with Gasteiger partial charge in [-0.3, -0.25) is 4.90 Å². The maximum Gasteiger partial charge on any atom is 0.123 e. The van der Waals surface area contributed by atoms with Crippen LogP contribution in [0.15, 0.2) is 18.2 Å². The summed E-state index contributed by atoms with van der Waals surface area (Å²) >= 11 is 0. The van der Waals surface area contributed by atoms with Gasteiger partial charge in [0.25, 0.3) is 0 Å². The maximum absolute atomic E-state index is 5.98. The largest absolute Gasteiger partial charge is 0.492 e. The van der Waals surface area contributed by atoms with Crippen molar-refractivity contribution in [2.75, 3.05) is 26.3 Å². The van der Waals surface area contributed by atoms with Gasteiger partial charge in [0.1, 0.15) is 18.1 Å². The van der Waals surface area contributed by atoms with Gasteiger partial charge in [-0.15, -0.1) is 0 Å². The molecule has 1 aromatic carbocycles. The summed E-state index contributed by atoms with van der Waals surface area (Å²) in [6.45, 7) is 8.55. The van der Waals surface area contributed by atoms with E-state index in [0.29, 0.717) is 6.04 Å². The van der Waals surface area contributed by atoms with Crippen molar-refractivity contribution in [2.24, 2.45) is 5.92 Å². The quantitative estimate of drug-likeness (QED) is 0.770. The van der Waals surface area contributed by atoms with E-state index in [4.69, 9.17) is 9.47 Å². The summed E-state index contributed by atoms with van der Waals surface area (Å²) in [7, 11) is 0. The zero-order valence-electron chi connectivity index (χ0n) is 12.4. The van der Waals surface area contributed by atoms with Gasteiger partial charge in [0.15, 0.2) is 0 Å². The summed E-state index contributed by atoms with van der Waals surface area (Å²) in [5.74, 6) is 2.99. The lowest BCUT2D eigenvalue weighted by Gasteiger charge is -2.16. The lowest BCUT2D eigenvalue weighted by Crippen LogP contribution is -2.18. The molecule has 108 valence electrons. The Labute approximate surface area is 120 Å². The molecule has 1 aliphatic carbocycles. The van der Waals surface area contributed by atoms with E-state index in [1.54, 1.807) is 0 Å². The third kappa shape index (κ3) is 2.39. The molecule has 2 heterocycles. The Hall–Kier alpha value is -1.22. The highest BCUT2D eigenvalue weighted by molar-refractivity contribution is 5.47. The van der Waals surface area contributed by atoms with Crippen molar-refractivity contribution in [3.8, 4) is 11.5 Å². The Morgan fingerprint density at radius 3 is 3.00 bits per heavy atom. The van der Waals surface area contributed by atoms with E-state index in [1.807, 2.05) is 12.1 Å².